The number of rotatable bonds is 2. The van der Waals surface area contributed by atoms with Gasteiger partial charge in [0, 0.05) is 12.4 Å². The topological polar surface area (TPSA) is 51.6 Å². The van der Waals surface area contributed by atoms with E-state index in [0.717, 1.165) is 0 Å². The number of hydrogen-bond donors (Lipinski definition) is 0. The van der Waals surface area contributed by atoms with Gasteiger partial charge in [-0.15, -0.1) is 0 Å². The summed E-state index contributed by atoms with van der Waals surface area (Å²) in [6.45, 7) is 0. The molecule has 20 heavy (non-hydrogen) atoms. The summed E-state index contributed by atoms with van der Waals surface area (Å²) in [5, 5.41) is 0.291. The zero-order valence-electron chi connectivity index (χ0n) is 10.2. The van der Waals surface area contributed by atoms with Crippen LogP contribution < -0.4 is 0 Å². The normalized spacial score (nSPS) is 10.5. The van der Waals surface area contributed by atoms with E-state index < -0.39 is 0 Å². The van der Waals surface area contributed by atoms with Gasteiger partial charge in [-0.2, -0.15) is 0 Å². The molecular weight excluding hydrogens is 295 g/mol. The first-order chi connectivity index (χ1) is 9.75. The lowest BCUT2D eigenvalue weighted by molar-refractivity contribution is 1.16. The van der Waals surface area contributed by atoms with Crippen LogP contribution in [0.5, 0.6) is 0 Å². The minimum Gasteiger partial charge on any atom is -0.255 e. The fourth-order valence-corrected chi connectivity index (χ4v) is 2.01. The molecule has 6 heteroatoms. The van der Waals surface area contributed by atoms with Crippen molar-refractivity contribution in [1.29, 1.82) is 0 Å². The first-order valence-corrected chi connectivity index (χ1v) is 6.57. The standard InChI is InChI=1S/C14H8Cl2N4/c15-13-14(16)20-12(10-6-2-4-8-18-10)11(19-13)9-5-1-3-7-17-9/h1-8H. The van der Waals surface area contributed by atoms with Crippen LogP contribution >= 0.6 is 23.2 Å². The van der Waals surface area contributed by atoms with E-state index in [0.29, 0.717) is 22.8 Å². The summed E-state index contributed by atoms with van der Waals surface area (Å²) in [5.74, 6) is 0. The Labute approximate surface area is 125 Å². The Morgan fingerprint density at radius 2 is 1.10 bits per heavy atom. The summed E-state index contributed by atoms with van der Waals surface area (Å²) >= 11 is 11.9. The summed E-state index contributed by atoms with van der Waals surface area (Å²) in [6, 6.07) is 11.1. The average molecular weight is 303 g/mol. The molecular formula is C14H8Cl2N4. The Morgan fingerprint density at radius 3 is 1.45 bits per heavy atom. The van der Waals surface area contributed by atoms with Gasteiger partial charge in [-0.25, -0.2) is 9.97 Å². The second-order valence-electron chi connectivity index (χ2n) is 3.93. The second-order valence-corrected chi connectivity index (χ2v) is 4.65. The molecule has 0 saturated heterocycles. The average Bonchev–Trinajstić information content (AvgIpc) is 2.51. The first kappa shape index (κ1) is 13.0. The van der Waals surface area contributed by atoms with Gasteiger partial charge in [0.1, 0.15) is 11.4 Å². The molecule has 98 valence electrons. The van der Waals surface area contributed by atoms with E-state index in [4.69, 9.17) is 23.2 Å². The molecule has 0 spiro atoms. The van der Waals surface area contributed by atoms with Crippen molar-refractivity contribution in [2.45, 2.75) is 0 Å². The largest absolute Gasteiger partial charge is 0.255 e. The van der Waals surface area contributed by atoms with Crippen molar-refractivity contribution < 1.29 is 0 Å². The molecule has 0 unspecified atom stereocenters. The van der Waals surface area contributed by atoms with Crippen LogP contribution in [-0.4, -0.2) is 19.9 Å². The van der Waals surface area contributed by atoms with Crippen molar-refractivity contribution in [2.75, 3.05) is 0 Å². The van der Waals surface area contributed by atoms with Gasteiger partial charge in [0.05, 0.1) is 11.4 Å². The minimum absolute atomic E-state index is 0.145. The summed E-state index contributed by atoms with van der Waals surface area (Å²) < 4.78 is 0. The highest BCUT2D eigenvalue weighted by Crippen LogP contribution is 2.30. The Bertz CT molecular complexity index is 668. The molecule has 0 atom stereocenters. The lowest BCUT2D eigenvalue weighted by Gasteiger charge is -2.08. The number of pyridine rings is 2. The SMILES string of the molecule is Clc1nc(-c2ccccn2)c(-c2ccccn2)nc1Cl. The Kier molecular flexibility index (Phi) is 3.58. The summed E-state index contributed by atoms with van der Waals surface area (Å²) in [6.07, 6.45) is 3.36. The van der Waals surface area contributed by atoms with Crippen molar-refractivity contribution in [3.8, 4) is 22.8 Å². The van der Waals surface area contributed by atoms with Crippen molar-refractivity contribution in [3.63, 3.8) is 0 Å². The third-order valence-corrected chi connectivity index (χ3v) is 3.25. The molecule has 0 aliphatic carbocycles. The van der Waals surface area contributed by atoms with E-state index in [1.165, 1.54) is 0 Å². The highest BCUT2D eigenvalue weighted by Gasteiger charge is 2.16. The molecule has 3 heterocycles. The lowest BCUT2D eigenvalue weighted by Crippen LogP contribution is -1.97. The molecule has 3 aromatic rings. The second kappa shape index (κ2) is 5.53. The van der Waals surface area contributed by atoms with Crippen LogP contribution in [0, 0.1) is 0 Å². The third-order valence-electron chi connectivity index (χ3n) is 2.63. The van der Waals surface area contributed by atoms with Crippen molar-refractivity contribution in [2.24, 2.45) is 0 Å². The molecule has 0 N–H and O–H groups in total. The van der Waals surface area contributed by atoms with Crippen LogP contribution in [-0.2, 0) is 0 Å². The van der Waals surface area contributed by atoms with Crippen LogP contribution in [0.4, 0.5) is 0 Å². The van der Waals surface area contributed by atoms with Crippen molar-refractivity contribution in [3.05, 3.63) is 59.1 Å². The van der Waals surface area contributed by atoms with Crippen LogP contribution in [0.25, 0.3) is 22.8 Å². The minimum atomic E-state index is 0.145. The first-order valence-electron chi connectivity index (χ1n) is 5.81. The van der Waals surface area contributed by atoms with E-state index in [-0.39, 0.29) is 10.3 Å². The van der Waals surface area contributed by atoms with Gasteiger partial charge in [0.2, 0.25) is 0 Å². The molecule has 0 radical (unpaired) electrons. The maximum atomic E-state index is 5.97. The number of aromatic nitrogens is 4. The molecule has 0 saturated carbocycles. The van der Waals surface area contributed by atoms with Crippen LogP contribution in [0.2, 0.25) is 10.3 Å². The molecule has 0 bridgehead atoms. The van der Waals surface area contributed by atoms with Gasteiger partial charge in [0.25, 0.3) is 0 Å². The zero-order chi connectivity index (χ0) is 13.9. The predicted octanol–water partition coefficient (Wildman–Crippen LogP) is 3.91. The molecule has 4 nitrogen and oxygen atoms in total. The van der Waals surface area contributed by atoms with Gasteiger partial charge >= 0.3 is 0 Å². The quantitative estimate of drug-likeness (QED) is 0.720. The number of hydrogen-bond acceptors (Lipinski definition) is 4. The molecule has 3 aromatic heterocycles. The van der Waals surface area contributed by atoms with Gasteiger partial charge in [-0.1, -0.05) is 35.3 Å². The molecule has 0 fully saturated rings. The van der Waals surface area contributed by atoms with Crippen LogP contribution in [0.1, 0.15) is 0 Å². The highest BCUT2D eigenvalue weighted by molar-refractivity contribution is 6.40. The Hall–Kier alpha value is -2.04. The van der Waals surface area contributed by atoms with Gasteiger partial charge in [-0.05, 0) is 24.3 Å². The van der Waals surface area contributed by atoms with Crippen LogP contribution in [0.3, 0.4) is 0 Å². The maximum absolute atomic E-state index is 5.97. The fraction of sp³-hybridized carbons (Fsp3) is 0. The third kappa shape index (κ3) is 2.48. The highest BCUT2D eigenvalue weighted by atomic mass is 35.5. The summed E-state index contributed by atoms with van der Waals surface area (Å²) in [5.41, 5.74) is 2.44. The van der Waals surface area contributed by atoms with E-state index in [2.05, 4.69) is 19.9 Å². The zero-order valence-corrected chi connectivity index (χ0v) is 11.7. The van der Waals surface area contributed by atoms with Crippen LogP contribution in [0.15, 0.2) is 48.8 Å². The smallest absolute Gasteiger partial charge is 0.167 e. The van der Waals surface area contributed by atoms with E-state index in [1.807, 2.05) is 36.4 Å². The number of halogens is 2. The van der Waals surface area contributed by atoms with Gasteiger partial charge < -0.3 is 0 Å². The monoisotopic (exact) mass is 302 g/mol. The van der Waals surface area contributed by atoms with E-state index in [1.54, 1.807) is 12.4 Å². The predicted molar refractivity (Wildman–Crippen MR) is 78.5 cm³/mol. The summed E-state index contributed by atoms with van der Waals surface area (Å²) in [7, 11) is 0. The molecule has 0 amide bonds. The lowest BCUT2D eigenvalue weighted by atomic mass is 10.1. The van der Waals surface area contributed by atoms with E-state index in [9.17, 15) is 0 Å². The Morgan fingerprint density at radius 1 is 0.650 bits per heavy atom. The van der Waals surface area contributed by atoms with Gasteiger partial charge in [0.15, 0.2) is 10.3 Å². The maximum Gasteiger partial charge on any atom is 0.167 e. The molecule has 0 aromatic carbocycles. The Balaban J connectivity index is 2.26. The summed E-state index contributed by atoms with van der Waals surface area (Å²) in [4.78, 5) is 17.1. The molecule has 0 aliphatic heterocycles. The van der Waals surface area contributed by atoms with Gasteiger partial charge in [-0.3, -0.25) is 9.97 Å². The van der Waals surface area contributed by atoms with E-state index >= 15 is 0 Å². The fourth-order valence-electron chi connectivity index (χ4n) is 1.76. The molecule has 0 aliphatic rings. The molecule has 3 rings (SSSR count). The van der Waals surface area contributed by atoms with Crippen molar-refractivity contribution in [1.82, 2.24) is 19.9 Å². The van der Waals surface area contributed by atoms with Crippen molar-refractivity contribution >= 4 is 23.2 Å². The number of nitrogens with zero attached hydrogens (tertiary/aromatic N) is 4.